The third-order valence-electron chi connectivity index (χ3n) is 3.08. The Bertz CT molecular complexity index is 663. The van der Waals surface area contributed by atoms with E-state index in [2.05, 4.69) is 11.1 Å². The minimum atomic E-state index is -0.433. The Balaban J connectivity index is 2.23. The van der Waals surface area contributed by atoms with Crippen LogP contribution in [0.15, 0.2) is 42.6 Å². The minimum Gasteiger partial charge on any atom is -0.358 e. The van der Waals surface area contributed by atoms with Gasteiger partial charge in [0.15, 0.2) is 0 Å². The van der Waals surface area contributed by atoms with Crippen molar-refractivity contribution in [1.29, 1.82) is 0 Å². The highest BCUT2D eigenvalue weighted by atomic mass is 16.6. The molecule has 0 fully saturated rings. The smallest absolute Gasteiger partial charge is 0.358 e. The second-order valence-electron chi connectivity index (χ2n) is 4.11. The van der Waals surface area contributed by atoms with Crippen LogP contribution in [0, 0.1) is 10.1 Å². The first-order valence-electron chi connectivity index (χ1n) is 5.65. The van der Waals surface area contributed by atoms with Crippen LogP contribution in [0.4, 0.5) is 5.82 Å². The number of fused-ring (bicyclic) bond motifs is 1. The molecule has 0 N–H and O–H groups in total. The largest absolute Gasteiger partial charge is 0.371 e. The summed E-state index contributed by atoms with van der Waals surface area (Å²) in [6.45, 7) is 0. The van der Waals surface area contributed by atoms with Gasteiger partial charge in [0.05, 0.1) is 5.56 Å². The summed E-state index contributed by atoms with van der Waals surface area (Å²) >= 11 is 0. The first-order valence-corrected chi connectivity index (χ1v) is 5.65. The van der Waals surface area contributed by atoms with Crippen molar-refractivity contribution in [3.05, 3.63) is 63.8 Å². The first-order chi connectivity index (χ1) is 8.77. The molecule has 1 aliphatic rings. The molecule has 2 aromatic rings. The van der Waals surface area contributed by atoms with Crippen LogP contribution in [0.2, 0.25) is 0 Å². The normalized spacial score (nSPS) is 12.4. The fourth-order valence-electron chi connectivity index (χ4n) is 2.30. The zero-order valence-electron chi connectivity index (χ0n) is 9.54. The molecule has 18 heavy (non-hydrogen) atoms. The van der Waals surface area contributed by atoms with E-state index in [0.717, 1.165) is 23.1 Å². The third-order valence-corrected chi connectivity index (χ3v) is 3.08. The molecule has 3 rings (SSSR count). The lowest BCUT2D eigenvalue weighted by Crippen LogP contribution is -1.97. The molecular formula is C14H10N2O2. The molecule has 0 unspecified atom stereocenters. The van der Waals surface area contributed by atoms with E-state index in [-0.39, 0.29) is 5.82 Å². The van der Waals surface area contributed by atoms with Gasteiger partial charge in [-0.15, -0.1) is 0 Å². The van der Waals surface area contributed by atoms with Gasteiger partial charge in [-0.3, -0.25) is 0 Å². The number of hydrogen-bond donors (Lipinski definition) is 0. The lowest BCUT2D eigenvalue weighted by atomic mass is 9.97. The van der Waals surface area contributed by atoms with Gasteiger partial charge in [-0.25, -0.2) is 0 Å². The maximum Gasteiger partial charge on any atom is 0.371 e. The summed E-state index contributed by atoms with van der Waals surface area (Å²) in [5.74, 6) is -0.0854. The van der Waals surface area contributed by atoms with Crippen LogP contribution < -0.4 is 0 Å². The highest BCUT2D eigenvalue weighted by Gasteiger charge is 2.20. The molecule has 0 atom stereocenters. The third kappa shape index (κ3) is 1.59. The van der Waals surface area contributed by atoms with Crippen LogP contribution in [0.5, 0.6) is 0 Å². The average Bonchev–Trinajstić information content (AvgIpc) is 2.86. The van der Waals surface area contributed by atoms with Crippen LogP contribution in [0.3, 0.4) is 0 Å². The summed E-state index contributed by atoms with van der Waals surface area (Å²) in [6.07, 6.45) is 6.37. The molecule has 88 valence electrons. The van der Waals surface area contributed by atoms with Crippen LogP contribution in [0.1, 0.15) is 11.1 Å². The van der Waals surface area contributed by atoms with Crippen molar-refractivity contribution in [2.24, 2.45) is 0 Å². The zero-order valence-corrected chi connectivity index (χ0v) is 9.54. The van der Waals surface area contributed by atoms with E-state index in [0.29, 0.717) is 5.56 Å². The molecule has 1 aromatic carbocycles. The Kier molecular flexibility index (Phi) is 2.41. The summed E-state index contributed by atoms with van der Waals surface area (Å²) in [5.41, 5.74) is 3.75. The van der Waals surface area contributed by atoms with Crippen molar-refractivity contribution in [1.82, 2.24) is 4.98 Å². The van der Waals surface area contributed by atoms with Crippen molar-refractivity contribution in [3.8, 4) is 11.1 Å². The molecule has 0 saturated heterocycles. The predicted molar refractivity (Wildman–Crippen MR) is 69.1 cm³/mol. The Morgan fingerprint density at radius 2 is 2.00 bits per heavy atom. The van der Waals surface area contributed by atoms with Gasteiger partial charge in [-0.2, -0.15) is 0 Å². The number of allylic oxidation sites excluding steroid dienone is 1. The number of nitrogens with zero attached hydrogens (tertiary/aromatic N) is 2. The average molecular weight is 238 g/mol. The maximum atomic E-state index is 11.0. The zero-order chi connectivity index (χ0) is 12.5. The Labute approximate surface area is 104 Å². The fourth-order valence-corrected chi connectivity index (χ4v) is 2.30. The summed E-state index contributed by atoms with van der Waals surface area (Å²) in [7, 11) is 0. The standard InChI is InChI=1S/C14H10N2O2/c17-16(18)14-13(8-3-9-15-14)12-7-2-5-10-4-1-6-11(10)12/h1-5,7-9H,6H2. The number of aromatic nitrogens is 1. The van der Waals surface area contributed by atoms with Gasteiger partial charge in [0.2, 0.25) is 0 Å². The maximum absolute atomic E-state index is 11.0. The summed E-state index contributed by atoms with van der Waals surface area (Å²) in [5, 5.41) is 11.0. The van der Waals surface area contributed by atoms with Crippen molar-refractivity contribution >= 4 is 11.9 Å². The number of hydrogen-bond acceptors (Lipinski definition) is 3. The van der Waals surface area contributed by atoms with E-state index >= 15 is 0 Å². The van der Waals surface area contributed by atoms with E-state index in [1.807, 2.05) is 24.3 Å². The highest BCUT2D eigenvalue weighted by molar-refractivity contribution is 5.79. The van der Waals surface area contributed by atoms with E-state index in [9.17, 15) is 10.1 Å². The van der Waals surface area contributed by atoms with Gasteiger partial charge in [0.25, 0.3) is 0 Å². The SMILES string of the molecule is O=[N+]([O-])c1ncccc1-c1cccc2c1CC=C2. The van der Waals surface area contributed by atoms with Crippen molar-refractivity contribution in [3.63, 3.8) is 0 Å². The Morgan fingerprint density at radius 1 is 1.17 bits per heavy atom. The summed E-state index contributed by atoms with van der Waals surface area (Å²) < 4.78 is 0. The Morgan fingerprint density at radius 3 is 2.83 bits per heavy atom. The molecule has 0 radical (unpaired) electrons. The van der Waals surface area contributed by atoms with E-state index in [1.165, 1.54) is 6.20 Å². The van der Waals surface area contributed by atoms with Crippen molar-refractivity contribution in [2.45, 2.75) is 6.42 Å². The first kappa shape index (κ1) is 10.7. The molecule has 0 spiro atoms. The number of rotatable bonds is 2. The predicted octanol–water partition coefficient (Wildman–Crippen LogP) is 3.23. The molecule has 1 aromatic heterocycles. The number of nitro groups is 1. The molecule has 1 aliphatic carbocycles. The van der Waals surface area contributed by atoms with Crippen molar-refractivity contribution < 1.29 is 4.92 Å². The second kappa shape index (κ2) is 4.07. The second-order valence-corrected chi connectivity index (χ2v) is 4.11. The minimum absolute atomic E-state index is 0.0854. The van der Waals surface area contributed by atoms with Crippen LogP contribution in [0.25, 0.3) is 17.2 Å². The summed E-state index contributed by atoms with van der Waals surface area (Å²) in [4.78, 5) is 14.4. The Hall–Kier alpha value is -2.49. The molecule has 0 bridgehead atoms. The molecule has 4 nitrogen and oxygen atoms in total. The highest BCUT2D eigenvalue weighted by Crippen LogP contribution is 2.34. The number of benzene rings is 1. The molecule has 0 amide bonds. The quantitative estimate of drug-likeness (QED) is 0.596. The van der Waals surface area contributed by atoms with Gasteiger partial charge in [-0.1, -0.05) is 30.4 Å². The van der Waals surface area contributed by atoms with E-state index < -0.39 is 4.92 Å². The number of pyridine rings is 1. The van der Waals surface area contributed by atoms with Gasteiger partial charge in [0, 0.05) is 0 Å². The van der Waals surface area contributed by atoms with E-state index in [4.69, 9.17) is 0 Å². The lowest BCUT2D eigenvalue weighted by Gasteiger charge is -2.08. The molecule has 1 heterocycles. The van der Waals surface area contributed by atoms with Crippen LogP contribution in [-0.2, 0) is 6.42 Å². The summed E-state index contributed by atoms with van der Waals surface area (Å²) in [6, 6.07) is 9.32. The van der Waals surface area contributed by atoms with Gasteiger partial charge in [0.1, 0.15) is 6.20 Å². The fraction of sp³-hybridized carbons (Fsp3) is 0.0714. The molecular weight excluding hydrogens is 228 g/mol. The van der Waals surface area contributed by atoms with Gasteiger partial charge < -0.3 is 10.1 Å². The topological polar surface area (TPSA) is 56.0 Å². The van der Waals surface area contributed by atoms with Crippen LogP contribution >= 0.6 is 0 Å². The monoisotopic (exact) mass is 238 g/mol. The van der Waals surface area contributed by atoms with Gasteiger partial charge in [-0.05, 0) is 45.2 Å². The molecule has 0 aliphatic heterocycles. The van der Waals surface area contributed by atoms with Crippen LogP contribution in [-0.4, -0.2) is 9.91 Å². The van der Waals surface area contributed by atoms with Crippen molar-refractivity contribution in [2.75, 3.05) is 0 Å². The lowest BCUT2D eigenvalue weighted by molar-refractivity contribution is -0.388. The van der Waals surface area contributed by atoms with E-state index in [1.54, 1.807) is 12.1 Å². The molecule has 4 heteroatoms. The molecule has 0 saturated carbocycles. The van der Waals surface area contributed by atoms with Gasteiger partial charge >= 0.3 is 5.82 Å².